The van der Waals surface area contributed by atoms with Crippen molar-refractivity contribution in [3.8, 4) is 6.19 Å². The van der Waals surface area contributed by atoms with Gasteiger partial charge < -0.3 is 0 Å². The van der Waals surface area contributed by atoms with Gasteiger partial charge in [-0.2, -0.15) is 13.7 Å². The molecule has 0 saturated carbocycles. The molecule has 17 heavy (non-hydrogen) atoms. The molecule has 1 aromatic rings. The van der Waals surface area contributed by atoms with Crippen molar-refractivity contribution in [2.75, 3.05) is 6.26 Å². The van der Waals surface area contributed by atoms with Gasteiger partial charge in [0, 0.05) is 5.02 Å². The first-order chi connectivity index (χ1) is 7.99. The van der Waals surface area contributed by atoms with E-state index >= 15 is 0 Å². The molecule has 0 unspecified atom stereocenters. The highest BCUT2D eigenvalue weighted by Crippen LogP contribution is 2.16. The van der Waals surface area contributed by atoms with Gasteiger partial charge in [-0.3, -0.25) is 5.32 Å². The molecule has 0 amide bonds. The molecule has 0 aliphatic carbocycles. The lowest BCUT2D eigenvalue weighted by Crippen LogP contribution is -2.15. The van der Waals surface area contributed by atoms with Crippen molar-refractivity contribution in [2.24, 2.45) is 4.40 Å². The maximum Gasteiger partial charge on any atom is 0.284 e. The number of nitrogens with one attached hydrogen (secondary N) is 1. The smallest absolute Gasteiger partial charge is 0.271 e. The van der Waals surface area contributed by atoms with E-state index in [1.54, 1.807) is 12.4 Å². The maximum atomic E-state index is 11.8. The van der Waals surface area contributed by atoms with E-state index in [4.69, 9.17) is 16.9 Å². The van der Waals surface area contributed by atoms with Crippen molar-refractivity contribution in [2.45, 2.75) is 4.90 Å². The SMILES string of the molecule is CS/C(=N\S(=O)(=O)c1ccc(Cl)cc1)NC#N. The minimum Gasteiger partial charge on any atom is -0.271 e. The van der Waals surface area contributed by atoms with E-state index in [2.05, 4.69) is 9.71 Å². The number of hydrogen-bond donors (Lipinski definition) is 1. The van der Waals surface area contributed by atoms with E-state index < -0.39 is 10.0 Å². The molecule has 1 rings (SSSR count). The zero-order valence-electron chi connectivity index (χ0n) is 8.71. The van der Waals surface area contributed by atoms with Gasteiger partial charge >= 0.3 is 0 Å². The second-order valence-electron chi connectivity index (χ2n) is 2.77. The van der Waals surface area contributed by atoms with Gasteiger partial charge in [-0.1, -0.05) is 23.4 Å². The highest BCUT2D eigenvalue weighted by Gasteiger charge is 2.13. The zero-order chi connectivity index (χ0) is 12.9. The van der Waals surface area contributed by atoms with Gasteiger partial charge in [-0.05, 0) is 30.5 Å². The van der Waals surface area contributed by atoms with Crippen LogP contribution in [0.4, 0.5) is 0 Å². The third kappa shape index (κ3) is 3.93. The first kappa shape index (κ1) is 13.8. The van der Waals surface area contributed by atoms with E-state index in [1.165, 1.54) is 24.3 Å². The van der Waals surface area contributed by atoms with Gasteiger partial charge in [-0.25, -0.2) is 0 Å². The van der Waals surface area contributed by atoms with Crippen LogP contribution < -0.4 is 5.32 Å². The Hall–Kier alpha value is -1.23. The van der Waals surface area contributed by atoms with Crippen LogP contribution in [-0.2, 0) is 10.0 Å². The van der Waals surface area contributed by atoms with E-state index in [0.717, 1.165) is 11.8 Å². The van der Waals surface area contributed by atoms with Crippen LogP contribution in [0.5, 0.6) is 0 Å². The predicted octanol–water partition coefficient (Wildman–Crippen LogP) is 1.82. The standard InChI is InChI=1S/C9H8ClN3O2S2/c1-16-9(12-6-11)13-17(14,15)8-4-2-7(10)3-5-8/h2-5H,1H3,(H,12,13). The Kier molecular flexibility index (Phi) is 4.81. The second-order valence-corrected chi connectivity index (χ2v) is 5.60. The molecule has 1 aromatic carbocycles. The quantitative estimate of drug-likeness (QED) is 0.389. The Morgan fingerprint density at radius 3 is 2.53 bits per heavy atom. The number of rotatable bonds is 2. The van der Waals surface area contributed by atoms with Crippen LogP contribution >= 0.6 is 23.4 Å². The number of sulfonamides is 1. The van der Waals surface area contributed by atoms with Gasteiger partial charge in [-0.15, -0.1) is 4.40 Å². The van der Waals surface area contributed by atoms with Crippen LogP contribution in [0.3, 0.4) is 0 Å². The van der Waals surface area contributed by atoms with Gasteiger partial charge in [0.15, 0.2) is 11.4 Å². The van der Waals surface area contributed by atoms with Gasteiger partial charge in [0.1, 0.15) is 0 Å². The van der Waals surface area contributed by atoms with Crippen molar-refractivity contribution in [3.05, 3.63) is 29.3 Å². The van der Waals surface area contributed by atoms with Crippen molar-refractivity contribution >= 4 is 38.6 Å². The molecule has 90 valence electrons. The summed E-state index contributed by atoms with van der Waals surface area (Å²) < 4.78 is 27.1. The topological polar surface area (TPSA) is 82.3 Å². The molecule has 0 bridgehead atoms. The van der Waals surface area contributed by atoms with E-state index in [0.29, 0.717) is 5.02 Å². The molecule has 0 aliphatic rings. The Labute approximate surface area is 109 Å². The summed E-state index contributed by atoms with van der Waals surface area (Å²) in [7, 11) is -3.82. The minimum absolute atomic E-state index is 0.0162. The van der Waals surface area contributed by atoms with Gasteiger partial charge in [0.25, 0.3) is 10.0 Å². The van der Waals surface area contributed by atoms with Crippen molar-refractivity contribution in [1.29, 1.82) is 5.26 Å². The fourth-order valence-corrected chi connectivity index (χ4v) is 2.64. The summed E-state index contributed by atoms with van der Waals surface area (Å²) in [6, 6.07) is 5.62. The molecule has 0 spiro atoms. The van der Waals surface area contributed by atoms with E-state index in [-0.39, 0.29) is 10.1 Å². The van der Waals surface area contributed by atoms with Gasteiger partial charge in [0.05, 0.1) is 4.90 Å². The summed E-state index contributed by atoms with van der Waals surface area (Å²) in [5.74, 6) is 0. The number of benzene rings is 1. The van der Waals surface area contributed by atoms with Crippen LogP contribution in [0.25, 0.3) is 0 Å². The number of halogens is 1. The second kappa shape index (κ2) is 5.91. The Morgan fingerprint density at radius 2 is 2.06 bits per heavy atom. The molecule has 1 N–H and O–H groups in total. The first-order valence-corrected chi connectivity index (χ1v) is 7.33. The monoisotopic (exact) mass is 289 g/mol. The lowest BCUT2D eigenvalue weighted by molar-refractivity contribution is 0.598. The third-order valence-corrected chi connectivity index (χ3v) is 3.91. The molecular weight excluding hydrogens is 282 g/mol. The van der Waals surface area contributed by atoms with Crippen molar-refractivity contribution in [3.63, 3.8) is 0 Å². The van der Waals surface area contributed by atoms with Crippen LogP contribution in [0.15, 0.2) is 33.6 Å². The number of thioether (sulfide) groups is 1. The maximum absolute atomic E-state index is 11.8. The zero-order valence-corrected chi connectivity index (χ0v) is 11.1. The van der Waals surface area contributed by atoms with E-state index in [9.17, 15) is 8.42 Å². The fourth-order valence-electron chi connectivity index (χ4n) is 0.927. The molecule has 0 atom stereocenters. The Morgan fingerprint density at radius 1 is 1.47 bits per heavy atom. The van der Waals surface area contributed by atoms with Crippen LogP contribution in [0, 0.1) is 11.5 Å². The van der Waals surface area contributed by atoms with E-state index in [1.807, 2.05) is 0 Å². The third-order valence-electron chi connectivity index (χ3n) is 1.67. The Bertz CT molecular complexity index is 561. The lowest BCUT2D eigenvalue weighted by Gasteiger charge is -2.01. The highest BCUT2D eigenvalue weighted by molar-refractivity contribution is 8.13. The summed E-state index contributed by atoms with van der Waals surface area (Å²) >= 11 is 6.68. The summed E-state index contributed by atoms with van der Waals surface area (Å²) in [5.41, 5.74) is 0. The van der Waals surface area contributed by atoms with Gasteiger partial charge in [0.2, 0.25) is 0 Å². The molecule has 8 heteroatoms. The largest absolute Gasteiger partial charge is 0.284 e. The molecule has 0 radical (unpaired) electrons. The molecule has 0 saturated heterocycles. The minimum atomic E-state index is -3.82. The first-order valence-electron chi connectivity index (χ1n) is 4.29. The summed E-state index contributed by atoms with van der Waals surface area (Å²) in [4.78, 5) is 0.0215. The number of hydrogen-bond acceptors (Lipinski definition) is 4. The summed E-state index contributed by atoms with van der Waals surface area (Å²) in [6.45, 7) is 0. The Balaban J connectivity index is 3.12. The van der Waals surface area contributed by atoms with Crippen molar-refractivity contribution < 1.29 is 8.42 Å². The summed E-state index contributed by atoms with van der Waals surface area (Å²) in [6.07, 6.45) is 3.23. The molecule has 0 heterocycles. The number of nitrogens with zero attached hydrogens (tertiary/aromatic N) is 2. The van der Waals surface area contributed by atoms with Crippen LogP contribution in [0.1, 0.15) is 0 Å². The molecule has 5 nitrogen and oxygen atoms in total. The molecule has 0 aromatic heterocycles. The molecule has 0 aliphatic heterocycles. The number of amidine groups is 1. The molecular formula is C9H8ClN3O2S2. The van der Waals surface area contributed by atoms with Crippen molar-refractivity contribution in [1.82, 2.24) is 5.32 Å². The molecule has 0 fully saturated rings. The average Bonchev–Trinajstić information content (AvgIpc) is 2.28. The number of nitriles is 1. The van der Waals surface area contributed by atoms with Crippen LogP contribution in [-0.4, -0.2) is 19.8 Å². The predicted molar refractivity (Wildman–Crippen MR) is 68.3 cm³/mol. The average molecular weight is 290 g/mol. The van der Waals surface area contributed by atoms with Crippen LogP contribution in [0.2, 0.25) is 5.02 Å². The fraction of sp³-hybridized carbons (Fsp3) is 0.111. The normalized spacial score (nSPS) is 11.9. The highest BCUT2D eigenvalue weighted by atomic mass is 35.5. The lowest BCUT2D eigenvalue weighted by atomic mass is 10.4. The summed E-state index contributed by atoms with van der Waals surface area (Å²) in [5, 5.41) is 11.0.